The van der Waals surface area contributed by atoms with Crippen molar-refractivity contribution in [3.8, 4) is 0 Å². The Morgan fingerprint density at radius 2 is 1.90 bits per heavy atom. The summed E-state index contributed by atoms with van der Waals surface area (Å²) in [7, 11) is 1.60. The van der Waals surface area contributed by atoms with Crippen LogP contribution < -0.4 is 4.80 Å². The van der Waals surface area contributed by atoms with E-state index in [9.17, 15) is 14.9 Å². The van der Waals surface area contributed by atoms with Gasteiger partial charge in [-0.25, -0.2) is 0 Å². The maximum atomic E-state index is 12.7. The largest absolute Gasteiger partial charge is 0.383 e. The number of nitro groups is 1. The predicted molar refractivity (Wildman–Crippen MR) is 113 cm³/mol. The molecule has 0 unspecified atom stereocenters. The number of amides is 1. The van der Waals surface area contributed by atoms with Gasteiger partial charge in [-0.15, -0.1) is 0 Å². The number of hydrogen-bond acceptors (Lipinski definition) is 5. The summed E-state index contributed by atoms with van der Waals surface area (Å²) in [6.45, 7) is 7.27. The number of carbonyl (C=O) groups is 1. The van der Waals surface area contributed by atoms with Gasteiger partial charge in [0.05, 0.1) is 21.7 Å². The lowest BCUT2D eigenvalue weighted by Gasteiger charge is -2.18. The summed E-state index contributed by atoms with van der Waals surface area (Å²) in [5, 5.41) is 11.1. The van der Waals surface area contributed by atoms with E-state index in [0.717, 1.165) is 11.1 Å². The Labute approximate surface area is 172 Å². The minimum atomic E-state index is -0.433. The highest BCUT2D eigenvalue weighted by Gasteiger charge is 2.15. The van der Waals surface area contributed by atoms with Crippen molar-refractivity contribution < 1.29 is 14.5 Å². The molecule has 1 heterocycles. The van der Waals surface area contributed by atoms with Crippen molar-refractivity contribution in [2.75, 3.05) is 13.7 Å². The van der Waals surface area contributed by atoms with Crippen molar-refractivity contribution in [3.05, 3.63) is 68.5 Å². The third-order valence-electron chi connectivity index (χ3n) is 4.59. The molecule has 0 aliphatic rings. The number of rotatable bonds is 5. The van der Waals surface area contributed by atoms with Gasteiger partial charge >= 0.3 is 0 Å². The molecule has 3 rings (SSSR count). The van der Waals surface area contributed by atoms with E-state index in [-0.39, 0.29) is 17.0 Å². The molecule has 0 spiro atoms. The molecular formula is C21H23N3O4S. The summed E-state index contributed by atoms with van der Waals surface area (Å²) < 4.78 is 7.72. The quantitative estimate of drug-likeness (QED) is 0.461. The first-order valence-electron chi connectivity index (χ1n) is 9.17. The Bertz CT molecular complexity index is 1120. The lowest BCUT2D eigenvalue weighted by atomic mass is 9.87. The second-order valence-corrected chi connectivity index (χ2v) is 8.69. The minimum Gasteiger partial charge on any atom is -0.383 e. The highest BCUT2D eigenvalue weighted by Crippen LogP contribution is 2.24. The first-order chi connectivity index (χ1) is 13.7. The number of nitrogens with zero attached hydrogens (tertiary/aromatic N) is 3. The highest BCUT2D eigenvalue weighted by atomic mass is 32.1. The van der Waals surface area contributed by atoms with Crippen molar-refractivity contribution in [3.63, 3.8) is 0 Å². The van der Waals surface area contributed by atoms with Crippen LogP contribution in [-0.2, 0) is 16.7 Å². The summed E-state index contributed by atoms with van der Waals surface area (Å²) in [6, 6.07) is 12.1. The molecule has 3 aromatic rings. The number of aromatic nitrogens is 1. The number of hydrogen-bond donors (Lipinski definition) is 0. The third kappa shape index (κ3) is 4.60. The SMILES string of the molecule is COCCn1c(=NC(=O)c2ccc(C(C)(C)C)cc2)sc2cc([N+](=O)[O-])ccc21. The van der Waals surface area contributed by atoms with Gasteiger partial charge in [0, 0.05) is 31.4 Å². The molecule has 7 nitrogen and oxygen atoms in total. The maximum absolute atomic E-state index is 12.7. The zero-order valence-corrected chi connectivity index (χ0v) is 17.7. The Morgan fingerprint density at radius 3 is 2.48 bits per heavy atom. The van der Waals surface area contributed by atoms with Crippen LogP contribution in [0.15, 0.2) is 47.5 Å². The lowest BCUT2D eigenvalue weighted by Crippen LogP contribution is -2.19. The summed E-state index contributed by atoms with van der Waals surface area (Å²) in [4.78, 5) is 28.2. The monoisotopic (exact) mass is 413 g/mol. The number of thiazole rings is 1. The Kier molecular flexibility index (Phi) is 5.95. The molecule has 1 amide bonds. The summed E-state index contributed by atoms with van der Waals surface area (Å²) >= 11 is 1.25. The zero-order chi connectivity index (χ0) is 21.2. The highest BCUT2D eigenvalue weighted by molar-refractivity contribution is 7.16. The molecule has 0 aliphatic carbocycles. The molecule has 0 N–H and O–H groups in total. The van der Waals surface area contributed by atoms with Gasteiger partial charge in [0.25, 0.3) is 11.6 Å². The fraction of sp³-hybridized carbons (Fsp3) is 0.333. The Balaban J connectivity index is 2.05. The van der Waals surface area contributed by atoms with Gasteiger partial charge in [-0.05, 0) is 29.2 Å². The van der Waals surface area contributed by atoms with Crippen molar-refractivity contribution in [1.29, 1.82) is 0 Å². The number of ether oxygens (including phenoxy) is 1. The second kappa shape index (κ2) is 8.26. The van der Waals surface area contributed by atoms with E-state index < -0.39 is 4.92 Å². The molecule has 0 saturated carbocycles. The first-order valence-corrected chi connectivity index (χ1v) is 9.98. The van der Waals surface area contributed by atoms with Crippen molar-refractivity contribution in [2.45, 2.75) is 32.7 Å². The lowest BCUT2D eigenvalue weighted by molar-refractivity contribution is -0.384. The van der Waals surface area contributed by atoms with E-state index in [1.54, 1.807) is 25.3 Å². The van der Waals surface area contributed by atoms with Crippen LogP contribution in [0.4, 0.5) is 5.69 Å². The second-order valence-electron chi connectivity index (χ2n) is 7.68. The summed E-state index contributed by atoms with van der Waals surface area (Å²) in [5.41, 5.74) is 2.43. The molecular weight excluding hydrogens is 390 g/mol. The molecule has 0 bridgehead atoms. The van der Waals surface area contributed by atoms with Crippen LogP contribution in [0.25, 0.3) is 10.2 Å². The van der Waals surface area contributed by atoms with Crippen LogP contribution in [0.5, 0.6) is 0 Å². The number of non-ortho nitro benzene ring substituents is 1. The summed E-state index contributed by atoms with van der Waals surface area (Å²) in [6.07, 6.45) is 0. The number of carbonyl (C=O) groups excluding carboxylic acids is 1. The minimum absolute atomic E-state index is 0.00207. The van der Waals surface area contributed by atoms with Crippen LogP contribution in [0.1, 0.15) is 36.7 Å². The van der Waals surface area contributed by atoms with E-state index in [2.05, 4.69) is 25.8 Å². The van der Waals surface area contributed by atoms with Gasteiger partial charge in [0.2, 0.25) is 0 Å². The van der Waals surface area contributed by atoms with Gasteiger partial charge in [0.1, 0.15) is 0 Å². The van der Waals surface area contributed by atoms with Crippen molar-refractivity contribution in [1.82, 2.24) is 4.57 Å². The molecule has 1 aromatic heterocycles. The van der Waals surface area contributed by atoms with E-state index >= 15 is 0 Å². The fourth-order valence-electron chi connectivity index (χ4n) is 2.92. The molecule has 0 fully saturated rings. The fourth-order valence-corrected chi connectivity index (χ4v) is 4.01. The van der Waals surface area contributed by atoms with Gasteiger partial charge in [-0.1, -0.05) is 44.2 Å². The van der Waals surface area contributed by atoms with Crippen molar-refractivity contribution >= 4 is 33.1 Å². The van der Waals surface area contributed by atoms with Gasteiger partial charge < -0.3 is 9.30 Å². The smallest absolute Gasteiger partial charge is 0.279 e. The standard InChI is InChI=1S/C21H23N3O4S/c1-21(2,3)15-7-5-14(6-8-15)19(25)22-20-23(11-12-28-4)17-10-9-16(24(26)27)13-18(17)29-20/h5-10,13H,11-12H2,1-4H3. The molecule has 0 radical (unpaired) electrons. The zero-order valence-electron chi connectivity index (χ0n) is 16.8. The third-order valence-corrected chi connectivity index (χ3v) is 5.63. The van der Waals surface area contributed by atoms with Crippen LogP contribution >= 0.6 is 11.3 Å². The Morgan fingerprint density at radius 1 is 1.21 bits per heavy atom. The average molecular weight is 413 g/mol. The topological polar surface area (TPSA) is 86.7 Å². The number of benzene rings is 2. The van der Waals surface area contributed by atoms with Gasteiger partial charge in [-0.2, -0.15) is 4.99 Å². The van der Waals surface area contributed by atoms with E-state index in [0.29, 0.717) is 28.2 Å². The first kappa shape index (κ1) is 20.9. The normalized spacial score (nSPS) is 12.5. The average Bonchev–Trinajstić information content (AvgIpc) is 3.01. The van der Waals surface area contributed by atoms with Crippen molar-refractivity contribution in [2.24, 2.45) is 4.99 Å². The molecule has 0 aliphatic heterocycles. The maximum Gasteiger partial charge on any atom is 0.279 e. The Hall–Kier alpha value is -2.84. The van der Waals surface area contributed by atoms with Crippen LogP contribution in [-0.4, -0.2) is 29.1 Å². The summed E-state index contributed by atoms with van der Waals surface area (Å²) in [5.74, 6) is -0.349. The number of methoxy groups -OCH3 is 1. The molecule has 8 heteroatoms. The van der Waals surface area contributed by atoms with E-state index in [1.165, 1.54) is 23.5 Å². The van der Waals surface area contributed by atoms with E-state index in [4.69, 9.17) is 4.74 Å². The van der Waals surface area contributed by atoms with Crippen LogP contribution in [0.3, 0.4) is 0 Å². The molecule has 0 atom stereocenters. The predicted octanol–water partition coefficient (Wildman–Crippen LogP) is 4.30. The van der Waals surface area contributed by atoms with Crippen LogP contribution in [0.2, 0.25) is 0 Å². The molecule has 29 heavy (non-hydrogen) atoms. The molecule has 0 saturated heterocycles. The molecule has 2 aromatic carbocycles. The van der Waals surface area contributed by atoms with Gasteiger partial charge in [0.15, 0.2) is 4.80 Å². The molecule has 152 valence electrons. The van der Waals surface area contributed by atoms with E-state index in [1.807, 2.05) is 16.7 Å². The number of fused-ring (bicyclic) bond motifs is 1. The number of nitro benzene ring substituents is 1. The van der Waals surface area contributed by atoms with Gasteiger partial charge in [-0.3, -0.25) is 14.9 Å². The van der Waals surface area contributed by atoms with Crippen LogP contribution in [0, 0.1) is 10.1 Å².